The number of aliphatic hydroxyl groups is 1. The first-order valence-electron chi connectivity index (χ1n) is 8.02. The van der Waals surface area contributed by atoms with E-state index in [0.717, 1.165) is 43.0 Å². The third-order valence-corrected chi connectivity index (χ3v) is 3.88. The van der Waals surface area contributed by atoms with Crippen LogP contribution in [0.5, 0.6) is 11.5 Å². The van der Waals surface area contributed by atoms with Crippen LogP contribution in [0.4, 0.5) is 0 Å². The Bertz CT molecular complexity index is 444. The number of aliphatic hydroxyl groups excluding tert-OH is 1. The van der Waals surface area contributed by atoms with Gasteiger partial charge < -0.3 is 14.6 Å². The second-order valence-corrected chi connectivity index (χ2v) is 5.49. The molecule has 1 aromatic rings. The van der Waals surface area contributed by atoms with Crippen LogP contribution in [0.25, 0.3) is 0 Å². The summed E-state index contributed by atoms with van der Waals surface area (Å²) in [4.78, 5) is 2.33. The maximum absolute atomic E-state index is 10.8. The molecule has 0 saturated heterocycles. The largest absolute Gasteiger partial charge is 0.494 e. The van der Waals surface area contributed by atoms with Crippen LogP contribution < -0.4 is 9.47 Å². The monoisotopic (exact) mass is 293 g/mol. The smallest absolute Gasteiger partial charge is 0.125 e. The molecule has 2 atom stereocenters. The van der Waals surface area contributed by atoms with Crippen LogP contribution in [0.2, 0.25) is 0 Å². The number of rotatable bonds is 7. The van der Waals surface area contributed by atoms with Crippen molar-refractivity contribution in [3.05, 3.63) is 23.8 Å². The van der Waals surface area contributed by atoms with Gasteiger partial charge in [0.15, 0.2) is 0 Å². The minimum Gasteiger partial charge on any atom is -0.494 e. The first-order valence-corrected chi connectivity index (χ1v) is 8.02. The molecule has 4 nitrogen and oxygen atoms in total. The molecule has 0 spiro atoms. The van der Waals surface area contributed by atoms with Crippen molar-refractivity contribution in [3.8, 4) is 11.5 Å². The van der Waals surface area contributed by atoms with Crippen LogP contribution in [-0.4, -0.2) is 42.4 Å². The van der Waals surface area contributed by atoms with Crippen molar-refractivity contribution in [1.82, 2.24) is 4.90 Å². The molecule has 1 heterocycles. The Kier molecular flexibility index (Phi) is 5.88. The third kappa shape index (κ3) is 3.69. The molecule has 0 saturated carbocycles. The fourth-order valence-electron chi connectivity index (χ4n) is 2.94. The Morgan fingerprint density at radius 2 is 1.95 bits per heavy atom. The summed E-state index contributed by atoms with van der Waals surface area (Å²) in [5.41, 5.74) is 0.842. The van der Waals surface area contributed by atoms with E-state index in [2.05, 4.69) is 18.7 Å². The van der Waals surface area contributed by atoms with E-state index in [1.165, 1.54) is 0 Å². The molecule has 1 aliphatic rings. The zero-order chi connectivity index (χ0) is 15.2. The minimum absolute atomic E-state index is 0.0225. The van der Waals surface area contributed by atoms with Gasteiger partial charge in [-0.05, 0) is 51.1 Å². The Morgan fingerprint density at radius 3 is 2.57 bits per heavy atom. The number of nitrogens with zero attached hydrogens (tertiary/aromatic N) is 1. The predicted molar refractivity (Wildman–Crippen MR) is 84.0 cm³/mol. The average molecular weight is 293 g/mol. The molecule has 0 radical (unpaired) electrons. The molecule has 0 bridgehead atoms. The molecule has 1 N–H and O–H groups in total. The standard InChI is InChI=1S/C17H27NO3/c1-4-9-18(10-5-2)15-12-21-16-8-7-13(20-6-3)11-14(16)17(15)19/h7-8,11,15,17,19H,4-6,9-10,12H2,1-3H3. The topological polar surface area (TPSA) is 41.9 Å². The lowest BCUT2D eigenvalue weighted by atomic mass is 9.97. The van der Waals surface area contributed by atoms with Gasteiger partial charge in [-0.15, -0.1) is 0 Å². The lowest BCUT2D eigenvalue weighted by Gasteiger charge is -2.38. The molecule has 0 amide bonds. The molecular weight excluding hydrogens is 266 g/mol. The van der Waals surface area contributed by atoms with Gasteiger partial charge in [-0.1, -0.05) is 13.8 Å². The number of hydrogen-bond donors (Lipinski definition) is 1. The Morgan fingerprint density at radius 1 is 1.24 bits per heavy atom. The summed E-state index contributed by atoms with van der Waals surface area (Å²) in [5, 5.41) is 10.8. The van der Waals surface area contributed by atoms with Crippen molar-refractivity contribution >= 4 is 0 Å². The van der Waals surface area contributed by atoms with Crippen molar-refractivity contribution in [2.24, 2.45) is 0 Å². The molecule has 1 aliphatic heterocycles. The van der Waals surface area contributed by atoms with Gasteiger partial charge in [0.05, 0.1) is 12.6 Å². The molecule has 2 unspecified atom stereocenters. The van der Waals surface area contributed by atoms with E-state index in [4.69, 9.17) is 9.47 Å². The van der Waals surface area contributed by atoms with Crippen LogP contribution in [0.3, 0.4) is 0 Å². The van der Waals surface area contributed by atoms with E-state index in [-0.39, 0.29) is 6.04 Å². The number of ether oxygens (including phenoxy) is 2. The Balaban J connectivity index is 2.20. The highest BCUT2D eigenvalue weighted by Gasteiger charge is 2.33. The number of hydrogen-bond acceptors (Lipinski definition) is 4. The van der Waals surface area contributed by atoms with Crippen LogP contribution in [0.1, 0.15) is 45.3 Å². The van der Waals surface area contributed by atoms with E-state index in [9.17, 15) is 5.11 Å². The summed E-state index contributed by atoms with van der Waals surface area (Å²) in [5.74, 6) is 1.56. The molecule has 21 heavy (non-hydrogen) atoms. The first-order chi connectivity index (χ1) is 10.2. The van der Waals surface area contributed by atoms with Gasteiger partial charge in [0.1, 0.15) is 24.2 Å². The third-order valence-electron chi connectivity index (χ3n) is 3.88. The van der Waals surface area contributed by atoms with Crippen LogP contribution in [0.15, 0.2) is 18.2 Å². The SMILES string of the molecule is CCCN(CCC)C1COc2ccc(OCC)cc2C1O. The fraction of sp³-hybridized carbons (Fsp3) is 0.647. The summed E-state index contributed by atoms with van der Waals surface area (Å²) in [6, 6.07) is 5.72. The van der Waals surface area contributed by atoms with E-state index in [1.54, 1.807) is 0 Å². The average Bonchev–Trinajstić information content (AvgIpc) is 2.48. The van der Waals surface area contributed by atoms with Crippen molar-refractivity contribution in [3.63, 3.8) is 0 Å². The number of fused-ring (bicyclic) bond motifs is 1. The first kappa shape index (κ1) is 16.1. The van der Waals surface area contributed by atoms with Gasteiger partial charge in [-0.2, -0.15) is 0 Å². The summed E-state index contributed by atoms with van der Waals surface area (Å²) in [6.45, 7) is 9.43. The lowest BCUT2D eigenvalue weighted by molar-refractivity contribution is 0.00312. The molecule has 0 fully saturated rings. The summed E-state index contributed by atoms with van der Waals surface area (Å²) < 4.78 is 11.4. The summed E-state index contributed by atoms with van der Waals surface area (Å²) >= 11 is 0. The second-order valence-electron chi connectivity index (χ2n) is 5.49. The highest BCUT2D eigenvalue weighted by molar-refractivity contribution is 5.43. The minimum atomic E-state index is -0.521. The predicted octanol–water partition coefficient (Wildman–Crippen LogP) is 3.00. The summed E-state index contributed by atoms with van der Waals surface area (Å²) in [7, 11) is 0. The van der Waals surface area contributed by atoms with Gasteiger partial charge in [0, 0.05) is 5.56 Å². The second kappa shape index (κ2) is 7.66. The van der Waals surface area contributed by atoms with Gasteiger partial charge in [0.2, 0.25) is 0 Å². The molecule has 2 rings (SSSR count). The zero-order valence-corrected chi connectivity index (χ0v) is 13.3. The molecule has 1 aromatic carbocycles. The van der Waals surface area contributed by atoms with Crippen molar-refractivity contribution < 1.29 is 14.6 Å². The summed E-state index contributed by atoms with van der Waals surface area (Å²) in [6.07, 6.45) is 1.64. The van der Waals surface area contributed by atoms with Crippen LogP contribution >= 0.6 is 0 Å². The fourth-order valence-corrected chi connectivity index (χ4v) is 2.94. The molecule has 0 aromatic heterocycles. The van der Waals surface area contributed by atoms with Gasteiger partial charge in [0.25, 0.3) is 0 Å². The Hall–Kier alpha value is -1.26. The molecular formula is C17H27NO3. The van der Waals surface area contributed by atoms with Crippen molar-refractivity contribution in [2.45, 2.75) is 45.8 Å². The molecule has 4 heteroatoms. The van der Waals surface area contributed by atoms with E-state index >= 15 is 0 Å². The van der Waals surface area contributed by atoms with E-state index in [1.807, 2.05) is 25.1 Å². The lowest BCUT2D eigenvalue weighted by Crippen LogP contribution is -2.46. The quantitative estimate of drug-likeness (QED) is 0.839. The normalized spacial score (nSPS) is 21.0. The van der Waals surface area contributed by atoms with Gasteiger partial charge in [-0.3, -0.25) is 4.90 Å². The van der Waals surface area contributed by atoms with Crippen LogP contribution in [0, 0.1) is 0 Å². The molecule has 0 aliphatic carbocycles. The zero-order valence-electron chi connectivity index (χ0n) is 13.3. The highest BCUT2D eigenvalue weighted by atomic mass is 16.5. The van der Waals surface area contributed by atoms with E-state index < -0.39 is 6.10 Å². The maximum Gasteiger partial charge on any atom is 0.125 e. The molecule has 118 valence electrons. The number of benzene rings is 1. The maximum atomic E-state index is 10.8. The van der Waals surface area contributed by atoms with Crippen LogP contribution in [-0.2, 0) is 0 Å². The van der Waals surface area contributed by atoms with Crippen molar-refractivity contribution in [1.29, 1.82) is 0 Å². The Labute approximate surface area is 127 Å². The van der Waals surface area contributed by atoms with E-state index in [0.29, 0.717) is 13.2 Å². The highest BCUT2D eigenvalue weighted by Crippen LogP contribution is 2.36. The van der Waals surface area contributed by atoms with Gasteiger partial charge in [-0.25, -0.2) is 0 Å². The van der Waals surface area contributed by atoms with Gasteiger partial charge >= 0.3 is 0 Å². The van der Waals surface area contributed by atoms with Crippen molar-refractivity contribution in [2.75, 3.05) is 26.3 Å².